The molecule has 4 N–H and O–H groups in total. The second-order valence-electron chi connectivity index (χ2n) is 28.9. The zero-order valence-corrected chi connectivity index (χ0v) is 59.5. The number of hydrogen-bond donors (Lipinski definition) is 2. The summed E-state index contributed by atoms with van der Waals surface area (Å²) in [5.41, 5.74) is 6.03. The molecule has 0 unspecified atom stereocenters. The van der Waals surface area contributed by atoms with E-state index in [0.717, 1.165) is 38.0 Å². The van der Waals surface area contributed by atoms with Crippen molar-refractivity contribution < 1.29 is 90.1 Å². The number of carbonyl (C=O) groups excluding carboxylic acids is 4. The van der Waals surface area contributed by atoms with E-state index in [4.69, 9.17) is 44.1 Å². The third kappa shape index (κ3) is 16.0. The van der Waals surface area contributed by atoms with Crippen molar-refractivity contribution in [2.24, 2.45) is 43.1 Å². The summed E-state index contributed by atoms with van der Waals surface area (Å²) in [6, 6.07) is 20.6. The van der Waals surface area contributed by atoms with Gasteiger partial charge in [-0.2, -0.15) is 64.3 Å². The molecule has 2 saturated carbocycles. The number of amides is 2. The Labute approximate surface area is 616 Å². The molecule has 2 amide bonds. The van der Waals surface area contributed by atoms with Gasteiger partial charge in [0.25, 0.3) is 24.7 Å². The molecule has 2 aliphatic carbocycles. The summed E-state index contributed by atoms with van der Waals surface area (Å²) in [7, 11) is 0. The van der Waals surface area contributed by atoms with Crippen LogP contribution >= 0.6 is 23.2 Å². The van der Waals surface area contributed by atoms with Crippen LogP contribution in [0, 0.1) is 21.7 Å². The quantitative estimate of drug-likeness (QED) is 0.0421. The second-order valence-corrected chi connectivity index (χ2v) is 29.7. The highest BCUT2D eigenvalue weighted by atomic mass is 35.5. The minimum atomic E-state index is -4.64. The first-order valence-electron chi connectivity index (χ1n) is 33.2. The Morgan fingerprint density at radius 1 is 0.546 bits per heavy atom. The Balaban J connectivity index is 0.000000215. The van der Waals surface area contributed by atoms with Crippen molar-refractivity contribution in [3.63, 3.8) is 0 Å². The highest BCUT2D eigenvalue weighted by Crippen LogP contribution is 2.61. The van der Waals surface area contributed by atoms with Crippen LogP contribution in [0.2, 0.25) is 10.0 Å². The number of carbonyl (C=O) groups is 4. The van der Waals surface area contributed by atoms with Gasteiger partial charge in [0.1, 0.15) is 25.9 Å². The first-order chi connectivity index (χ1) is 50.5. The number of nitrogens with zero attached hydrogens (tertiary/aromatic N) is 14. The van der Waals surface area contributed by atoms with Crippen molar-refractivity contribution in [1.29, 1.82) is 0 Å². The first-order valence-corrected chi connectivity index (χ1v) is 33.9. The van der Waals surface area contributed by atoms with Crippen LogP contribution in [0.25, 0.3) is 33.9 Å². The smallest absolute Gasteiger partial charge is 0.395 e. The number of guanidine groups is 2. The van der Waals surface area contributed by atoms with Gasteiger partial charge in [-0.3, -0.25) is 29.0 Å². The van der Waals surface area contributed by atoms with E-state index in [1.54, 1.807) is 36.4 Å². The van der Waals surface area contributed by atoms with Crippen LogP contribution in [0.1, 0.15) is 165 Å². The molecule has 4 aliphatic rings. The fourth-order valence-corrected chi connectivity index (χ4v) is 13.7. The molecule has 8 aromatic rings. The summed E-state index contributed by atoms with van der Waals surface area (Å²) in [6.07, 6.45) is -14.0. The van der Waals surface area contributed by atoms with Crippen LogP contribution in [0.15, 0.2) is 132 Å². The number of aromatic nitrogens is 10. The summed E-state index contributed by atoms with van der Waals surface area (Å²) in [5, 5.41) is 15.2. The van der Waals surface area contributed by atoms with Gasteiger partial charge in [0.05, 0.1) is 68.6 Å². The molecule has 0 bridgehead atoms. The lowest BCUT2D eigenvalue weighted by molar-refractivity contribution is -0.195. The second kappa shape index (κ2) is 29.5. The molecule has 4 atom stereocenters. The molecule has 6 heterocycles. The summed E-state index contributed by atoms with van der Waals surface area (Å²) >= 11 is 12.8. The number of nitrogens with two attached hydrogens (primary N) is 2. The molecule has 22 nitrogen and oxygen atoms in total. The maximum atomic E-state index is 14.9. The number of hydrogen-bond acceptors (Lipinski definition) is 16. The van der Waals surface area contributed by atoms with Gasteiger partial charge >= 0.3 is 37.4 Å². The average molecular weight is 1570 g/mol. The monoisotopic (exact) mass is 1560 g/mol. The van der Waals surface area contributed by atoms with E-state index in [9.17, 15) is 80.6 Å². The molecule has 576 valence electrons. The molecule has 38 heteroatoms. The number of halogens is 16. The third-order valence-corrected chi connectivity index (χ3v) is 19.4. The number of rotatable bonds is 24. The molecular formula is C70H68Cl2F14N16O6. The maximum Gasteiger partial charge on any atom is 0.395 e. The topological polar surface area (TPSA) is 267 Å². The molecule has 2 aliphatic heterocycles. The number of esters is 2. The van der Waals surface area contributed by atoms with Crippen molar-refractivity contribution in [3.8, 4) is 33.9 Å². The average Bonchev–Trinajstić information content (AvgIpc) is 1.58. The Hall–Kier alpha value is -10.0. The Bertz CT molecular complexity index is 4730. The van der Waals surface area contributed by atoms with Gasteiger partial charge in [-0.1, -0.05) is 125 Å². The zero-order valence-electron chi connectivity index (χ0n) is 58.0. The van der Waals surface area contributed by atoms with Crippen molar-refractivity contribution in [3.05, 3.63) is 166 Å². The molecule has 4 aromatic heterocycles. The van der Waals surface area contributed by atoms with Gasteiger partial charge in [0, 0.05) is 23.5 Å². The highest BCUT2D eigenvalue weighted by Gasteiger charge is 2.65. The van der Waals surface area contributed by atoms with E-state index >= 15 is 0 Å². The first kappa shape index (κ1) is 79.1. The fraction of sp³-hybridized carbons (Fsp3) is 0.429. The van der Waals surface area contributed by atoms with Gasteiger partial charge in [0.2, 0.25) is 0 Å². The summed E-state index contributed by atoms with van der Waals surface area (Å²) < 4.78 is 205. The van der Waals surface area contributed by atoms with Crippen molar-refractivity contribution in [2.75, 3.05) is 13.2 Å². The molecule has 12 rings (SSSR count). The van der Waals surface area contributed by atoms with E-state index in [2.05, 4.69) is 40.3 Å². The van der Waals surface area contributed by atoms with Crippen LogP contribution in [0.5, 0.6) is 0 Å². The van der Waals surface area contributed by atoms with Crippen LogP contribution < -0.4 is 11.5 Å². The normalized spacial score (nSPS) is 19.1. The number of alkyl halides is 14. The van der Waals surface area contributed by atoms with E-state index < -0.39 is 145 Å². The highest BCUT2D eigenvalue weighted by molar-refractivity contribution is 6.32. The Morgan fingerprint density at radius 3 is 1.31 bits per heavy atom. The van der Waals surface area contributed by atoms with Gasteiger partial charge in [-0.15, -0.1) is 0 Å². The van der Waals surface area contributed by atoms with Crippen molar-refractivity contribution in [1.82, 2.24) is 58.9 Å². The number of benzene rings is 4. The lowest BCUT2D eigenvalue weighted by Gasteiger charge is -2.35. The summed E-state index contributed by atoms with van der Waals surface area (Å²) in [4.78, 5) is 74.3. The van der Waals surface area contributed by atoms with Crippen LogP contribution in [-0.2, 0) is 39.7 Å². The van der Waals surface area contributed by atoms with E-state index in [1.165, 1.54) is 66.9 Å². The van der Waals surface area contributed by atoms with E-state index in [0.29, 0.717) is 31.6 Å². The van der Waals surface area contributed by atoms with E-state index in [-0.39, 0.29) is 94.4 Å². The van der Waals surface area contributed by atoms with Crippen molar-refractivity contribution >= 4 is 58.9 Å². The van der Waals surface area contributed by atoms with Gasteiger partial charge in [-0.25, -0.2) is 56.2 Å². The molecule has 0 saturated heterocycles. The van der Waals surface area contributed by atoms with Gasteiger partial charge in [-0.05, 0) is 108 Å². The van der Waals surface area contributed by atoms with Crippen LogP contribution in [0.3, 0.4) is 0 Å². The summed E-state index contributed by atoms with van der Waals surface area (Å²) in [6.45, 7) is 3.96. The minimum absolute atomic E-state index is 0.0438. The Morgan fingerprint density at radius 2 is 0.954 bits per heavy atom. The predicted molar refractivity (Wildman–Crippen MR) is 361 cm³/mol. The minimum Gasteiger partial charge on any atom is -0.463 e. The van der Waals surface area contributed by atoms with Gasteiger partial charge in [0.15, 0.2) is 34.6 Å². The van der Waals surface area contributed by atoms with Crippen LogP contribution in [0.4, 0.5) is 61.5 Å². The fourth-order valence-electron chi connectivity index (χ4n) is 13.3. The molecule has 0 radical (unpaired) electrons. The third-order valence-electron chi connectivity index (χ3n) is 18.8. The maximum absolute atomic E-state index is 14.9. The molecule has 0 spiro atoms. The SMILES string of the molecule is CC(C)(C)C[C@]1(c2ccc(-c3ccn(C(F)F)n3)cc2)N=C(N)N([C@H](COC(=O)CC2(C(F)(F)F)CC2)c2ccc(Cl)c(-n3ncnc3C(F)F)c2)C1=O.CC(C)(C)C[C@]1(c2ccc(-c3ccnn3C(F)F)cc2)N=C(N)N([C@H](COC(=O)CC2(C(F)(F)F)CC2)c2ccc(Cl)c(-n3ncnc3C(F)F)c2)C1=O. The predicted octanol–water partition coefficient (Wildman–Crippen LogP) is 15.8. The zero-order chi connectivity index (χ0) is 78.8. The largest absolute Gasteiger partial charge is 0.463 e. The lowest BCUT2D eigenvalue weighted by atomic mass is 9.75. The van der Waals surface area contributed by atoms with Gasteiger partial charge < -0.3 is 20.9 Å². The van der Waals surface area contributed by atoms with Crippen LogP contribution in [-0.4, -0.2) is 120 Å². The molecule has 2 fully saturated rings. The Kier molecular flexibility index (Phi) is 21.6. The molecular weight excluding hydrogens is 1500 g/mol. The standard InChI is InChI=1S/2C35H34ClF7N8O3/c1-32(2,3)17-34(21-7-4-19(5-8-21)23-10-13-49(48-23)30(39)40)29(53)50(31(44)47-34)25(16-54-26(52)15-33(11-12-33)35(41,42)43)20-6-9-22(36)24(14-20)51-28(27(37)38)45-18-46-51;1-32(2,3)17-34(21-7-4-19(5-8-21)23-10-13-46-51(23)30(39)40)29(53)49(31(44)48-34)25(16-54-26(52)15-33(11-12-33)35(41,42)43)20-6-9-22(36)24(14-20)50-28(27(37)38)45-18-47-50/h4-10,13-14,18,25,27,30H,11-12,15-17H2,1-3H3,(H2,44,47);4-10,13-14,18,25,27,30H,11-12,15-17H2,1-3H3,(H2,44,48)/t2*25-,34-/m11/s1. The van der Waals surface area contributed by atoms with Crippen molar-refractivity contribution in [2.45, 2.75) is 154 Å². The molecule has 4 aromatic carbocycles. The number of aliphatic imine (C=N–C) groups is 2. The summed E-state index contributed by atoms with van der Waals surface area (Å²) in [5.74, 6) is -5.91. The lowest BCUT2D eigenvalue weighted by Crippen LogP contribution is -2.47. The van der Waals surface area contributed by atoms with E-state index in [1.807, 2.05) is 41.5 Å². The number of ether oxygens (including phenoxy) is 2. The molecule has 108 heavy (non-hydrogen) atoms.